The number of aromatic nitrogens is 1. The molecule has 3 rings (SSSR count). The molecule has 2 N–H and O–H groups in total. The van der Waals surface area contributed by atoms with E-state index in [2.05, 4.69) is 16.4 Å². The van der Waals surface area contributed by atoms with Gasteiger partial charge in [0.05, 0.1) is 6.20 Å². The van der Waals surface area contributed by atoms with Gasteiger partial charge in [0.2, 0.25) is 0 Å². The molecule has 4 nitrogen and oxygen atoms in total. The van der Waals surface area contributed by atoms with E-state index in [1.165, 1.54) is 18.4 Å². The molecule has 0 bridgehead atoms. The molecular formula is C14H20N2O2. The molecule has 3 atom stereocenters. The van der Waals surface area contributed by atoms with Crippen molar-refractivity contribution in [3.63, 3.8) is 0 Å². The van der Waals surface area contributed by atoms with Gasteiger partial charge in [-0.1, -0.05) is 0 Å². The van der Waals surface area contributed by atoms with Crippen molar-refractivity contribution in [3.05, 3.63) is 24.0 Å². The van der Waals surface area contributed by atoms with E-state index >= 15 is 0 Å². The molecule has 1 saturated carbocycles. The molecule has 1 aromatic rings. The fourth-order valence-electron chi connectivity index (χ4n) is 2.55. The van der Waals surface area contributed by atoms with Gasteiger partial charge in [0, 0.05) is 18.8 Å². The summed E-state index contributed by atoms with van der Waals surface area (Å²) in [7, 11) is 0. The molecule has 1 aromatic heterocycles. The van der Waals surface area contributed by atoms with Gasteiger partial charge in [0.15, 0.2) is 0 Å². The predicted molar refractivity (Wildman–Crippen MR) is 68.7 cm³/mol. The highest BCUT2D eigenvalue weighted by Gasteiger charge is 2.37. The van der Waals surface area contributed by atoms with Crippen molar-refractivity contribution in [1.29, 1.82) is 0 Å². The van der Waals surface area contributed by atoms with Crippen LogP contribution >= 0.6 is 0 Å². The van der Waals surface area contributed by atoms with Crippen LogP contribution in [0.2, 0.25) is 0 Å². The number of nitrogens with one attached hydrogen (secondary N) is 1. The second kappa shape index (κ2) is 5.24. The molecule has 18 heavy (non-hydrogen) atoms. The van der Waals surface area contributed by atoms with E-state index in [-0.39, 0.29) is 6.61 Å². The highest BCUT2D eigenvalue weighted by Crippen LogP contribution is 2.49. The van der Waals surface area contributed by atoms with Gasteiger partial charge in [-0.25, -0.2) is 0 Å². The van der Waals surface area contributed by atoms with Crippen molar-refractivity contribution in [3.8, 4) is 5.75 Å². The Morgan fingerprint density at radius 3 is 3.06 bits per heavy atom. The predicted octanol–water partition coefficient (Wildman–Crippen LogP) is 1.31. The Morgan fingerprint density at radius 2 is 2.33 bits per heavy atom. The summed E-state index contributed by atoms with van der Waals surface area (Å²) in [6.45, 7) is 2.13. The van der Waals surface area contributed by atoms with E-state index in [1.807, 2.05) is 6.20 Å². The van der Waals surface area contributed by atoms with Gasteiger partial charge in [-0.05, 0) is 49.3 Å². The molecular weight excluding hydrogens is 228 g/mol. The number of aliphatic hydroxyl groups is 1. The summed E-state index contributed by atoms with van der Waals surface area (Å²) in [4.78, 5) is 4.25. The number of aliphatic hydroxyl groups excluding tert-OH is 1. The Morgan fingerprint density at radius 1 is 1.44 bits per heavy atom. The average Bonchev–Trinajstić information content (AvgIpc) is 3.07. The average molecular weight is 248 g/mol. The summed E-state index contributed by atoms with van der Waals surface area (Å²) in [5.74, 6) is 2.09. The maximum atomic E-state index is 8.93. The standard InChI is InChI=1S/C14H20N2O2/c17-4-2-10-6-14(10)11-5-13(8-15-7-11)18-9-12-1-3-16-12/h5,7-8,10,12,14,16-17H,1-4,6,9H2/t10-,12+,14+/m1/s1. The maximum Gasteiger partial charge on any atom is 0.137 e. The first-order valence-electron chi connectivity index (χ1n) is 6.79. The fraction of sp³-hybridized carbons (Fsp3) is 0.643. The van der Waals surface area contributed by atoms with Gasteiger partial charge < -0.3 is 15.2 Å². The number of nitrogens with zero attached hydrogens (tertiary/aromatic N) is 1. The minimum absolute atomic E-state index is 0.290. The number of ether oxygens (including phenoxy) is 1. The third-order valence-electron chi connectivity index (χ3n) is 3.96. The minimum Gasteiger partial charge on any atom is -0.490 e. The van der Waals surface area contributed by atoms with Gasteiger partial charge >= 0.3 is 0 Å². The monoisotopic (exact) mass is 248 g/mol. The minimum atomic E-state index is 0.290. The van der Waals surface area contributed by atoms with Gasteiger partial charge in [-0.15, -0.1) is 0 Å². The number of pyridine rings is 1. The van der Waals surface area contributed by atoms with Crippen molar-refractivity contribution in [2.75, 3.05) is 19.8 Å². The van der Waals surface area contributed by atoms with Crippen LogP contribution in [0.5, 0.6) is 5.75 Å². The second-order valence-electron chi connectivity index (χ2n) is 5.32. The van der Waals surface area contributed by atoms with Crippen LogP contribution in [0.25, 0.3) is 0 Å². The van der Waals surface area contributed by atoms with Crippen LogP contribution in [0.3, 0.4) is 0 Å². The summed E-state index contributed by atoms with van der Waals surface area (Å²) in [5.41, 5.74) is 1.26. The molecule has 1 aliphatic carbocycles. The lowest BCUT2D eigenvalue weighted by Gasteiger charge is -2.27. The topological polar surface area (TPSA) is 54.4 Å². The highest BCUT2D eigenvalue weighted by atomic mass is 16.5. The molecule has 0 aromatic carbocycles. The van der Waals surface area contributed by atoms with E-state index in [0.29, 0.717) is 17.9 Å². The maximum absolute atomic E-state index is 8.93. The van der Waals surface area contributed by atoms with Crippen LogP contribution in [0.15, 0.2) is 18.5 Å². The summed E-state index contributed by atoms with van der Waals surface area (Å²) >= 11 is 0. The lowest BCUT2D eigenvalue weighted by atomic mass is 10.1. The largest absolute Gasteiger partial charge is 0.490 e. The van der Waals surface area contributed by atoms with Crippen LogP contribution in [0.1, 0.15) is 30.7 Å². The fourth-order valence-corrected chi connectivity index (χ4v) is 2.55. The zero-order valence-corrected chi connectivity index (χ0v) is 10.5. The first-order chi connectivity index (χ1) is 8.86. The molecule has 1 saturated heterocycles. The van der Waals surface area contributed by atoms with Crippen LogP contribution in [-0.4, -0.2) is 35.9 Å². The SMILES string of the molecule is OCC[C@@H]1C[C@@H]1c1cncc(OC[C@@H]2CCN2)c1. The Labute approximate surface area is 107 Å². The number of hydrogen-bond acceptors (Lipinski definition) is 4. The van der Waals surface area contributed by atoms with Gasteiger partial charge in [-0.2, -0.15) is 0 Å². The van der Waals surface area contributed by atoms with Crippen molar-refractivity contribution >= 4 is 0 Å². The smallest absolute Gasteiger partial charge is 0.137 e. The van der Waals surface area contributed by atoms with Gasteiger partial charge in [0.25, 0.3) is 0 Å². The van der Waals surface area contributed by atoms with Gasteiger partial charge in [-0.3, -0.25) is 4.98 Å². The van der Waals surface area contributed by atoms with E-state index in [4.69, 9.17) is 9.84 Å². The molecule has 98 valence electrons. The zero-order chi connectivity index (χ0) is 12.4. The summed E-state index contributed by atoms with van der Waals surface area (Å²) in [6, 6.07) is 2.62. The molecule has 0 spiro atoms. The Balaban J connectivity index is 1.55. The van der Waals surface area contributed by atoms with Crippen molar-refractivity contribution < 1.29 is 9.84 Å². The molecule has 0 amide bonds. The molecule has 0 radical (unpaired) electrons. The Bertz CT molecular complexity index is 407. The van der Waals surface area contributed by atoms with Gasteiger partial charge in [0.1, 0.15) is 12.4 Å². The normalized spacial score (nSPS) is 29.7. The lowest BCUT2D eigenvalue weighted by Crippen LogP contribution is -2.46. The Hall–Kier alpha value is -1.13. The summed E-state index contributed by atoms with van der Waals surface area (Å²) in [6.07, 6.45) is 6.99. The Kier molecular flexibility index (Phi) is 3.48. The van der Waals surface area contributed by atoms with E-state index in [9.17, 15) is 0 Å². The van der Waals surface area contributed by atoms with Crippen molar-refractivity contribution in [1.82, 2.24) is 10.3 Å². The van der Waals surface area contributed by atoms with E-state index in [0.717, 1.165) is 25.3 Å². The first-order valence-corrected chi connectivity index (χ1v) is 6.79. The number of hydrogen-bond donors (Lipinski definition) is 2. The van der Waals surface area contributed by atoms with Crippen LogP contribution in [0, 0.1) is 5.92 Å². The van der Waals surface area contributed by atoms with Crippen molar-refractivity contribution in [2.45, 2.75) is 31.2 Å². The van der Waals surface area contributed by atoms with Crippen LogP contribution < -0.4 is 10.1 Å². The quantitative estimate of drug-likeness (QED) is 0.797. The molecule has 4 heteroatoms. The lowest BCUT2D eigenvalue weighted by molar-refractivity contribution is 0.216. The summed E-state index contributed by atoms with van der Waals surface area (Å²) < 4.78 is 5.75. The summed E-state index contributed by atoms with van der Waals surface area (Å²) in [5, 5.41) is 12.2. The third-order valence-corrected chi connectivity index (χ3v) is 3.96. The van der Waals surface area contributed by atoms with E-state index in [1.54, 1.807) is 6.20 Å². The third kappa shape index (κ3) is 2.65. The zero-order valence-electron chi connectivity index (χ0n) is 10.5. The molecule has 1 aliphatic heterocycles. The highest BCUT2D eigenvalue weighted by molar-refractivity contribution is 5.30. The van der Waals surface area contributed by atoms with Crippen LogP contribution in [-0.2, 0) is 0 Å². The van der Waals surface area contributed by atoms with E-state index < -0.39 is 0 Å². The van der Waals surface area contributed by atoms with Crippen molar-refractivity contribution in [2.24, 2.45) is 5.92 Å². The first kappa shape index (κ1) is 11.9. The molecule has 2 aliphatic rings. The molecule has 0 unspecified atom stereocenters. The molecule has 2 fully saturated rings. The number of rotatable bonds is 6. The van der Waals surface area contributed by atoms with Crippen LogP contribution in [0.4, 0.5) is 0 Å². The molecule has 2 heterocycles. The second-order valence-corrected chi connectivity index (χ2v) is 5.32.